The fourth-order valence-electron chi connectivity index (χ4n) is 4.26. The van der Waals surface area contributed by atoms with Crippen molar-refractivity contribution in [1.82, 2.24) is 19.8 Å². The fraction of sp³-hybridized carbons (Fsp3) is 0.550. The number of rotatable bonds is 5. The van der Waals surface area contributed by atoms with Gasteiger partial charge < -0.3 is 4.90 Å². The smallest absolute Gasteiger partial charge is 0.223 e. The second-order valence-corrected chi connectivity index (χ2v) is 8.46. The Bertz CT molecular complexity index is 747. The van der Waals surface area contributed by atoms with Gasteiger partial charge in [-0.05, 0) is 44.2 Å². The minimum atomic E-state index is 0.312. The molecule has 0 radical (unpaired) electrons. The van der Waals surface area contributed by atoms with Crippen LogP contribution in [0.2, 0.25) is 0 Å². The van der Waals surface area contributed by atoms with Crippen molar-refractivity contribution in [2.45, 2.75) is 45.2 Å². The Morgan fingerprint density at radius 1 is 1.23 bits per heavy atom. The van der Waals surface area contributed by atoms with E-state index in [-0.39, 0.29) is 0 Å². The van der Waals surface area contributed by atoms with Gasteiger partial charge in [-0.3, -0.25) is 14.7 Å². The highest BCUT2D eigenvalue weighted by Gasteiger charge is 2.36. The number of amides is 1. The van der Waals surface area contributed by atoms with Crippen molar-refractivity contribution >= 4 is 17.2 Å². The van der Waals surface area contributed by atoms with Crippen molar-refractivity contribution in [1.29, 1.82) is 0 Å². The number of aryl methyl sites for hydroxylation is 2. The average molecular weight is 371 g/mol. The van der Waals surface area contributed by atoms with E-state index in [2.05, 4.69) is 25.8 Å². The maximum Gasteiger partial charge on any atom is 0.223 e. The average Bonchev–Trinajstić information content (AvgIpc) is 2.87. The van der Waals surface area contributed by atoms with Gasteiger partial charge in [-0.1, -0.05) is 6.07 Å². The minimum Gasteiger partial charge on any atom is -0.338 e. The van der Waals surface area contributed by atoms with Crippen LogP contribution in [0.1, 0.15) is 35.5 Å². The lowest BCUT2D eigenvalue weighted by molar-refractivity contribution is -0.135. The maximum atomic E-state index is 12.9. The third kappa shape index (κ3) is 3.96. The highest BCUT2D eigenvalue weighted by atomic mass is 32.1. The van der Waals surface area contributed by atoms with Crippen LogP contribution in [0.15, 0.2) is 29.9 Å². The van der Waals surface area contributed by atoms with E-state index >= 15 is 0 Å². The molecule has 3 saturated heterocycles. The summed E-state index contributed by atoms with van der Waals surface area (Å²) in [4.78, 5) is 27.6. The molecule has 0 unspecified atom stereocenters. The third-order valence-electron chi connectivity index (χ3n) is 5.63. The first-order chi connectivity index (χ1) is 12.7. The van der Waals surface area contributed by atoms with Gasteiger partial charge in [-0.25, -0.2) is 4.98 Å². The van der Waals surface area contributed by atoms with Crippen LogP contribution in [0.4, 0.5) is 0 Å². The first-order valence-electron chi connectivity index (χ1n) is 9.49. The second kappa shape index (κ2) is 7.84. The molecule has 26 heavy (non-hydrogen) atoms. The molecule has 5 nitrogen and oxygen atoms in total. The summed E-state index contributed by atoms with van der Waals surface area (Å²) in [6.45, 7) is 5.88. The molecule has 3 fully saturated rings. The van der Waals surface area contributed by atoms with Gasteiger partial charge in [0.25, 0.3) is 0 Å². The van der Waals surface area contributed by atoms with Gasteiger partial charge in [0.15, 0.2) is 0 Å². The van der Waals surface area contributed by atoms with Crippen LogP contribution in [0.25, 0.3) is 0 Å². The molecular weight excluding hydrogens is 344 g/mol. The Balaban J connectivity index is 1.38. The van der Waals surface area contributed by atoms with Gasteiger partial charge >= 0.3 is 0 Å². The lowest BCUT2D eigenvalue weighted by atomic mass is 9.94. The molecule has 2 aromatic rings. The van der Waals surface area contributed by atoms with E-state index in [1.54, 1.807) is 11.3 Å². The van der Waals surface area contributed by atoms with Crippen molar-refractivity contribution in [3.63, 3.8) is 0 Å². The zero-order chi connectivity index (χ0) is 17.9. The topological polar surface area (TPSA) is 49.3 Å². The SMILES string of the molecule is Cc1ncsc1CCC(=O)N1C[C@H]2CC[C@@H]1CN(Cc1ccccn1)C2. The molecule has 0 aliphatic carbocycles. The van der Waals surface area contributed by atoms with E-state index in [9.17, 15) is 4.79 Å². The molecule has 138 valence electrons. The van der Waals surface area contributed by atoms with Crippen LogP contribution < -0.4 is 0 Å². The molecule has 5 rings (SSSR count). The quantitative estimate of drug-likeness (QED) is 0.812. The summed E-state index contributed by atoms with van der Waals surface area (Å²) in [6.07, 6.45) is 5.65. The number of thiazole rings is 1. The van der Waals surface area contributed by atoms with E-state index in [4.69, 9.17) is 0 Å². The zero-order valence-electron chi connectivity index (χ0n) is 15.3. The number of hydrogen-bond donors (Lipinski definition) is 0. The summed E-state index contributed by atoms with van der Waals surface area (Å²) in [7, 11) is 0. The summed E-state index contributed by atoms with van der Waals surface area (Å²) in [5.41, 5.74) is 4.06. The Morgan fingerprint density at radius 3 is 2.92 bits per heavy atom. The molecule has 0 spiro atoms. The van der Waals surface area contributed by atoms with Gasteiger partial charge in [0.2, 0.25) is 5.91 Å². The first-order valence-corrected chi connectivity index (χ1v) is 10.4. The van der Waals surface area contributed by atoms with E-state index in [0.717, 1.165) is 50.4 Å². The number of piperidine rings is 1. The van der Waals surface area contributed by atoms with Crippen molar-refractivity contribution in [3.8, 4) is 0 Å². The normalized spacial score (nSPS) is 23.2. The van der Waals surface area contributed by atoms with Crippen LogP contribution in [0.5, 0.6) is 0 Å². The van der Waals surface area contributed by atoms with Gasteiger partial charge in [-0.15, -0.1) is 11.3 Å². The van der Waals surface area contributed by atoms with Crippen molar-refractivity contribution in [2.24, 2.45) is 5.92 Å². The molecule has 2 atom stereocenters. The summed E-state index contributed by atoms with van der Waals surface area (Å²) < 4.78 is 0. The number of pyridine rings is 1. The largest absolute Gasteiger partial charge is 0.338 e. The fourth-order valence-corrected chi connectivity index (χ4v) is 5.05. The number of fused-ring (bicyclic) bond motifs is 4. The highest BCUT2D eigenvalue weighted by Crippen LogP contribution is 2.29. The number of hydrogen-bond acceptors (Lipinski definition) is 5. The van der Waals surface area contributed by atoms with Crippen LogP contribution >= 0.6 is 11.3 Å². The van der Waals surface area contributed by atoms with Crippen molar-refractivity contribution < 1.29 is 4.79 Å². The predicted molar refractivity (Wildman–Crippen MR) is 103 cm³/mol. The maximum absolute atomic E-state index is 12.9. The van der Waals surface area contributed by atoms with Crippen molar-refractivity contribution in [2.75, 3.05) is 19.6 Å². The van der Waals surface area contributed by atoms with Gasteiger partial charge in [0.1, 0.15) is 0 Å². The number of aromatic nitrogens is 2. The van der Waals surface area contributed by atoms with E-state index in [0.29, 0.717) is 24.3 Å². The summed E-state index contributed by atoms with van der Waals surface area (Å²) in [5.74, 6) is 0.902. The van der Waals surface area contributed by atoms with Crippen LogP contribution in [0.3, 0.4) is 0 Å². The molecule has 3 aliphatic rings. The number of nitrogens with zero attached hydrogens (tertiary/aromatic N) is 4. The lowest BCUT2D eigenvalue weighted by Crippen LogP contribution is -2.47. The first kappa shape index (κ1) is 17.6. The molecule has 2 bridgehead atoms. The van der Waals surface area contributed by atoms with Crippen LogP contribution in [-0.4, -0.2) is 51.4 Å². The second-order valence-electron chi connectivity index (χ2n) is 7.52. The molecule has 6 heteroatoms. The molecule has 0 aromatic carbocycles. The molecular formula is C20H26N4OS. The van der Waals surface area contributed by atoms with E-state index in [1.807, 2.05) is 30.8 Å². The third-order valence-corrected chi connectivity index (χ3v) is 6.63. The van der Waals surface area contributed by atoms with E-state index < -0.39 is 0 Å². The molecule has 0 saturated carbocycles. The Labute approximate surface area is 159 Å². The van der Waals surface area contributed by atoms with Crippen LogP contribution in [0, 0.1) is 12.8 Å². The van der Waals surface area contributed by atoms with Gasteiger partial charge in [-0.2, -0.15) is 0 Å². The minimum absolute atomic E-state index is 0.312. The van der Waals surface area contributed by atoms with Gasteiger partial charge in [0, 0.05) is 49.7 Å². The van der Waals surface area contributed by atoms with Gasteiger partial charge in [0.05, 0.1) is 16.9 Å². The van der Waals surface area contributed by atoms with Crippen LogP contribution in [-0.2, 0) is 17.8 Å². The Hall–Kier alpha value is -1.79. The highest BCUT2D eigenvalue weighted by molar-refractivity contribution is 7.09. The monoisotopic (exact) mass is 370 g/mol. The molecule has 5 heterocycles. The van der Waals surface area contributed by atoms with Crippen molar-refractivity contribution in [3.05, 3.63) is 46.2 Å². The molecule has 0 N–H and O–H groups in total. The summed E-state index contributed by atoms with van der Waals surface area (Å²) >= 11 is 1.66. The zero-order valence-corrected chi connectivity index (χ0v) is 16.1. The standard InChI is InChI=1S/C20H26N4OS/c1-15-19(26-14-22-15)7-8-20(25)24-11-16-5-6-18(24)13-23(10-16)12-17-4-2-3-9-21-17/h2-4,9,14,16,18H,5-8,10-13H2,1H3/t16-,18+/m0/s1. The lowest BCUT2D eigenvalue weighted by Gasteiger charge is -2.36. The molecule has 3 aliphatic heterocycles. The predicted octanol–water partition coefficient (Wildman–Crippen LogP) is 2.90. The summed E-state index contributed by atoms with van der Waals surface area (Å²) in [5, 5.41) is 0. The summed E-state index contributed by atoms with van der Waals surface area (Å²) in [6, 6.07) is 6.45. The number of carbonyl (C=O) groups is 1. The number of carbonyl (C=O) groups excluding carboxylic acids is 1. The molecule has 2 aromatic heterocycles. The Morgan fingerprint density at radius 2 is 2.15 bits per heavy atom. The molecule has 1 amide bonds. The van der Waals surface area contributed by atoms with E-state index in [1.165, 1.54) is 11.3 Å². The Kier molecular flexibility index (Phi) is 5.31.